The van der Waals surface area contributed by atoms with Crippen LogP contribution >= 0.6 is 11.3 Å². The summed E-state index contributed by atoms with van der Waals surface area (Å²) < 4.78 is 6.80. The van der Waals surface area contributed by atoms with Gasteiger partial charge in [-0.25, -0.2) is 4.98 Å². The summed E-state index contributed by atoms with van der Waals surface area (Å²) in [6.07, 6.45) is 0. The summed E-state index contributed by atoms with van der Waals surface area (Å²) in [5.74, 6) is 0.767. The molecule has 126 valence electrons. The van der Waals surface area contributed by atoms with Gasteiger partial charge in [-0.1, -0.05) is 26.0 Å². The molecule has 0 aliphatic rings. The highest BCUT2D eigenvalue weighted by atomic mass is 32.1. The Morgan fingerprint density at radius 1 is 1.21 bits per heavy atom. The minimum atomic E-state index is -0.186. The molecule has 0 saturated carbocycles. The largest absolute Gasteiger partial charge is 0.448 e. The highest BCUT2D eigenvalue weighted by Gasteiger charge is 2.14. The molecule has 0 spiro atoms. The monoisotopic (exact) mass is 343 g/mol. The van der Waals surface area contributed by atoms with Crippen LogP contribution in [0.4, 0.5) is 0 Å². The molecular formula is C18H21N3O2S. The molecular weight excluding hydrogens is 322 g/mol. The molecule has 2 aromatic heterocycles. The molecule has 0 aliphatic carbocycles. The van der Waals surface area contributed by atoms with Gasteiger partial charge in [0, 0.05) is 13.1 Å². The summed E-state index contributed by atoms with van der Waals surface area (Å²) in [6.45, 7) is 7.63. The van der Waals surface area contributed by atoms with Crippen LogP contribution in [0.15, 0.2) is 40.8 Å². The Hall–Kier alpha value is -2.18. The first kappa shape index (κ1) is 16.7. The lowest BCUT2D eigenvalue weighted by atomic mass is 10.3. The zero-order chi connectivity index (χ0) is 16.9. The lowest BCUT2D eigenvalue weighted by Crippen LogP contribution is -2.34. The Morgan fingerprint density at radius 3 is 2.75 bits per heavy atom. The van der Waals surface area contributed by atoms with Crippen LogP contribution in [0.25, 0.3) is 21.0 Å². The number of thiazole rings is 1. The van der Waals surface area contributed by atoms with Crippen molar-refractivity contribution in [2.24, 2.45) is 0 Å². The maximum absolute atomic E-state index is 12.2. The van der Waals surface area contributed by atoms with Gasteiger partial charge in [-0.05, 0) is 37.4 Å². The third-order valence-corrected chi connectivity index (χ3v) is 4.99. The standard InChI is InChI=1S/C18H21N3O2S/c1-3-21(4-2)12-11-19-17(22)14-9-10-15(23-14)18-20-13-7-5-6-8-16(13)24-18/h5-10H,3-4,11-12H2,1-2H3,(H,19,22). The van der Waals surface area contributed by atoms with E-state index in [9.17, 15) is 4.79 Å². The van der Waals surface area contributed by atoms with Crippen LogP contribution in [0.5, 0.6) is 0 Å². The van der Waals surface area contributed by atoms with E-state index in [1.54, 1.807) is 23.5 Å². The highest BCUT2D eigenvalue weighted by molar-refractivity contribution is 7.21. The zero-order valence-corrected chi connectivity index (χ0v) is 14.7. The molecule has 5 nitrogen and oxygen atoms in total. The van der Waals surface area contributed by atoms with Crippen molar-refractivity contribution in [3.05, 3.63) is 42.2 Å². The molecule has 0 unspecified atom stereocenters. The van der Waals surface area contributed by atoms with Crippen molar-refractivity contribution in [1.82, 2.24) is 15.2 Å². The predicted octanol–water partition coefficient (Wildman–Crippen LogP) is 3.63. The summed E-state index contributed by atoms with van der Waals surface area (Å²) in [5, 5.41) is 3.69. The van der Waals surface area contributed by atoms with E-state index >= 15 is 0 Å². The summed E-state index contributed by atoms with van der Waals surface area (Å²) in [5.41, 5.74) is 0.944. The van der Waals surface area contributed by atoms with E-state index in [-0.39, 0.29) is 5.91 Å². The number of carbonyl (C=O) groups is 1. The van der Waals surface area contributed by atoms with Gasteiger partial charge in [-0.3, -0.25) is 4.79 Å². The number of aromatic nitrogens is 1. The second kappa shape index (κ2) is 7.59. The Balaban J connectivity index is 1.65. The SMILES string of the molecule is CCN(CC)CCNC(=O)c1ccc(-c2nc3ccccc3s2)o1. The second-order valence-electron chi connectivity index (χ2n) is 5.43. The summed E-state index contributed by atoms with van der Waals surface area (Å²) in [6, 6.07) is 11.5. The van der Waals surface area contributed by atoms with Crippen LogP contribution in [-0.2, 0) is 0 Å². The summed E-state index contributed by atoms with van der Waals surface area (Å²) >= 11 is 1.56. The van der Waals surface area contributed by atoms with Crippen molar-refractivity contribution < 1.29 is 9.21 Å². The molecule has 0 bridgehead atoms. The molecule has 0 saturated heterocycles. The summed E-state index contributed by atoms with van der Waals surface area (Å²) in [7, 11) is 0. The van der Waals surface area contributed by atoms with Crippen LogP contribution in [0, 0.1) is 0 Å². The van der Waals surface area contributed by atoms with Gasteiger partial charge < -0.3 is 14.6 Å². The lowest BCUT2D eigenvalue weighted by Gasteiger charge is -2.17. The average molecular weight is 343 g/mol. The number of nitrogens with one attached hydrogen (secondary N) is 1. The molecule has 0 fully saturated rings. The van der Waals surface area contributed by atoms with E-state index in [1.807, 2.05) is 24.3 Å². The number of rotatable bonds is 7. The van der Waals surface area contributed by atoms with Gasteiger partial charge in [-0.2, -0.15) is 0 Å². The fraction of sp³-hybridized carbons (Fsp3) is 0.333. The molecule has 3 rings (SSSR count). The molecule has 3 aromatic rings. The number of amides is 1. The fourth-order valence-electron chi connectivity index (χ4n) is 2.51. The van der Waals surface area contributed by atoms with Crippen LogP contribution < -0.4 is 5.32 Å². The number of likely N-dealkylation sites (N-methyl/N-ethyl adjacent to an activating group) is 1. The van der Waals surface area contributed by atoms with E-state index in [0.29, 0.717) is 18.1 Å². The van der Waals surface area contributed by atoms with E-state index in [2.05, 4.69) is 29.0 Å². The van der Waals surface area contributed by atoms with E-state index < -0.39 is 0 Å². The maximum atomic E-state index is 12.2. The van der Waals surface area contributed by atoms with Crippen molar-refractivity contribution in [2.75, 3.05) is 26.2 Å². The second-order valence-corrected chi connectivity index (χ2v) is 6.46. The first-order valence-corrected chi connectivity index (χ1v) is 8.99. The number of hydrogen-bond donors (Lipinski definition) is 1. The molecule has 0 aliphatic heterocycles. The van der Waals surface area contributed by atoms with Crippen LogP contribution in [0.3, 0.4) is 0 Å². The molecule has 0 radical (unpaired) electrons. The van der Waals surface area contributed by atoms with Crippen molar-refractivity contribution in [3.63, 3.8) is 0 Å². The fourth-order valence-corrected chi connectivity index (χ4v) is 3.43. The van der Waals surface area contributed by atoms with Crippen molar-refractivity contribution >= 4 is 27.5 Å². The maximum Gasteiger partial charge on any atom is 0.287 e. The first-order chi connectivity index (χ1) is 11.7. The molecule has 0 atom stereocenters. The number of hydrogen-bond acceptors (Lipinski definition) is 5. The van der Waals surface area contributed by atoms with Gasteiger partial charge in [0.1, 0.15) is 0 Å². The van der Waals surface area contributed by atoms with Gasteiger partial charge in [0.15, 0.2) is 16.5 Å². The number of para-hydroxylation sites is 1. The quantitative estimate of drug-likeness (QED) is 0.712. The first-order valence-electron chi connectivity index (χ1n) is 8.17. The molecule has 6 heteroatoms. The van der Waals surface area contributed by atoms with Crippen LogP contribution in [0.1, 0.15) is 24.4 Å². The molecule has 1 aromatic carbocycles. The van der Waals surface area contributed by atoms with Crippen molar-refractivity contribution in [1.29, 1.82) is 0 Å². The smallest absolute Gasteiger partial charge is 0.287 e. The van der Waals surface area contributed by atoms with Gasteiger partial charge in [0.2, 0.25) is 0 Å². The topological polar surface area (TPSA) is 58.4 Å². The number of furan rings is 1. The van der Waals surface area contributed by atoms with Crippen molar-refractivity contribution in [3.8, 4) is 10.8 Å². The third-order valence-electron chi connectivity index (χ3n) is 3.94. The highest BCUT2D eigenvalue weighted by Crippen LogP contribution is 2.31. The van der Waals surface area contributed by atoms with E-state index in [4.69, 9.17) is 4.42 Å². The Labute approximate surface area is 145 Å². The molecule has 1 amide bonds. The number of carbonyl (C=O) groups excluding carboxylic acids is 1. The van der Waals surface area contributed by atoms with E-state index in [1.165, 1.54) is 0 Å². The zero-order valence-electron chi connectivity index (χ0n) is 13.9. The Kier molecular flexibility index (Phi) is 5.27. The minimum Gasteiger partial charge on any atom is -0.448 e. The predicted molar refractivity (Wildman–Crippen MR) is 97.4 cm³/mol. The van der Waals surface area contributed by atoms with Gasteiger partial charge >= 0.3 is 0 Å². The lowest BCUT2D eigenvalue weighted by molar-refractivity contribution is 0.0922. The number of nitrogens with zero attached hydrogens (tertiary/aromatic N) is 2. The third kappa shape index (κ3) is 3.66. The Bertz CT molecular complexity index is 787. The average Bonchev–Trinajstić information content (AvgIpc) is 3.24. The number of benzene rings is 1. The summed E-state index contributed by atoms with van der Waals surface area (Å²) in [4.78, 5) is 19.0. The van der Waals surface area contributed by atoms with Crippen molar-refractivity contribution in [2.45, 2.75) is 13.8 Å². The molecule has 2 heterocycles. The normalized spacial score (nSPS) is 11.3. The van der Waals surface area contributed by atoms with Gasteiger partial charge in [0.25, 0.3) is 5.91 Å². The van der Waals surface area contributed by atoms with Crippen LogP contribution in [-0.4, -0.2) is 42.0 Å². The molecule has 24 heavy (non-hydrogen) atoms. The number of fused-ring (bicyclic) bond motifs is 1. The minimum absolute atomic E-state index is 0.186. The Morgan fingerprint density at radius 2 is 2.00 bits per heavy atom. The van der Waals surface area contributed by atoms with E-state index in [0.717, 1.165) is 34.9 Å². The molecule has 1 N–H and O–H groups in total. The van der Waals surface area contributed by atoms with Gasteiger partial charge in [-0.15, -0.1) is 11.3 Å². The van der Waals surface area contributed by atoms with Gasteiger partial charge in [0.05, 0.1) is 10.2 Å². The van der Waals surface area contributed by atoms with Crippen LogP contribution in [0.2, 0.25) is 0 Å².